The number of benzene rings is 1. The van der Waals surface area contributed by atoms with E-state index in [9.17, 15) is 9.59 Å². The number of nitrogens with one attached hydrogen (secondary N) is 1. The number of carboxylic acids is 1. The van der Waals surface area contributed by atoms with Crippen molar-refractivity contribution >= 4 is 23.5 Å². The molecule has 1 saturated heterocycles. The van der Waals surface area contributed by atoms with Gasteiger partial charge in [-0.15, -0.1) is 0 Å². The normalized spacial score (nSPS) is 20.2. The molecule has 1 aliphatic rings. The highest BCUT2D eigenvalue weighted by Crippen LogP contribution is 2.22. The average Bonchev–Trinajstić information content (AvgIpc) is 2.87. The lowest BCUT2D eigenvalue weighted by Crippen LogP contribution is -2.37. The van der Waals surface area contributed by atoms with Gasteiger partial charge in [0.25, 0.3) is 0 Å². The molecule has 0 aromatic heterocycles. The van der Waals surface area contributed by atoms with Gasteiger partial charge in [-0.3, -0.25) is 14.5 Å². The summed E-state index contributed by atoms with van der Waals surface area (Å²) in [5.41, 5.74) is 0.873. The van der Waals surface area contributed by atoms with Crippen molar-refractivity contribution in [2.24, 2.45) is 5.92 Å². The molecule has 2 rings (SSSR count). The number of rotatable bonds is 5. The molecule has 114 valence electrons. The summed E-state index contributed by atoms with van der Waals surface area (Å²) in [5, 5.41) is 12.5. The topological polar surface area (TPSA) is 69.6 Å². The Hall–Kier alpha value is -1.59. The summed E-state index contributed by atoms with van der Waals surface area (Å²) in [7, 11) is 0. The average molecular weight is 311 g/mol. The molecule has 0 saturated carbocycles. The molecule has 2 N–H and O–H groups in total. The first-order chi connectivity index (χ1) is 9.97. The zero-order chi connectivity index (χ0) is 15.4. The second-order valence-corrected chi connectivity index (χ2v) is 5.78. The third-order valence-electron chi connectivity index (χ3n) is 3.74. The van der Waals surface area contributed by atoms with Crippen LogP contribution >= 0.6 is 11.6 Å². The Bertz CT molecular complexity index is 535. The largest absolute Gasteiger partial charge is 0.481 e. The molecule has 0 radical (unpaired) electrons. The molecular weight excluding hydrogens is 292 g/mol. The van der Waals surface area contributed by atoms with E-state index in [-0.39, 0.29) is 24.4 Å². The predicted molar refractivity (Wildman–Crippen MR) is 80.2 cm³/mol. The van der Waals surface area contributed by atoms with Gasteiger partial charge in [0.05, 0.1) is 18.5 Å². The zero-order valence-corrected chi connectivity index (χ0v) is 12.6. The van der Waals surface area contributed by atoms with Crippen LogP contribution in [0.15, 0.2) is 24.3 Å². The maximum atomic E-state index is 12.0. The van der Waals surface area contributed by atoms with Crippen LogP contribution in [0.3, 0.4) is 0 Å². The molecule has 5 nitrogen and oxygen atoms in total. The highest BCUT2D eigenvalue weighted by molar-refractivity contribution is 6.31. The maximum absolute atomic E-state index is 12.0. The monoisotopic (exact) mass is 310 g/mol. The Morgan fingerprint density at radius 2 is 2.19 bits per heavy atom. The van der Waals surface area contributed by atoms with Gasteiger partial charge in [-0.25, -0.2) is 0 Å². The lowest BCUT2D eigenvalue weighted by atomic mass is 10.1. The van der Waals surface area contributed by atoms with Crippen LogP contribution in [0, 0.1) is 5.92 Å². The van der Waals surface area contributed by atoms with Crippen molar-refractivity contribution in [2.75, 3.05) is 19.6 Å². The summed E-state index contributed by atoms with van der Waals surface area (Å²) in [4.78, 5) is 24.8. The number of hydrogen-bond donors (Lipinski definition) is 2. The van der Waals surface area contributed by atoms with Crippen molar-refractivity contribution in [3.63, 3.8) is 0 Å². The van der Waals surface area contributed by atoms with Crippen molar-refractivity contribution in [3.05, 3.63) is 34.9 Å². The number of carbonyl (C=O) groups is 2. The second kappa shape index (κ2) is 6.91. The van der Waals surface area contributed by atoms with E-state index in [4.69, 9.17) is 16.7 Å². The smallest absolute Gasteiger partial charge is 0.307 e. The number of nitrogens with zero attached hydrogens (tertiary/aromatic N) is 1. The predicted octanol–water partition coefficient (Wildman–Crippen LogP) is 1.92. The number of likely N-dealkylation sites (tertiary alicyclic amines) is 1. The fourth-order valence-electron chi connectivity index (χ4n) is 2.57. The van der Waals surface area contributed by atoms with Gasteiger partial charge >= 0.3 is 5.97 Å². The Morgan fingerprint density at radius 1 is 1.48 bits per heavy atom. The van der Waals surface area contributed by atoms with Gasteiger partial charge < -0.3 is 10.4 Å². The number of aliphatic carboxylic acids is 1. The maximum Gasteiger partial charge on any atom is 0.307 e. The molecule has 2 atom stereocenters. The van der Waals surface area contributed by atoms with Crippen LogP contribution in [0.4, 0.5) is 0 Å². The van der Waals surface area contributed by atoms with E-state index in [1.54, 1.807) is 6.07 Å². The van der Waals surface area contributed by atoms with Crippen molar-refractivity contribution in [2.45, 2.75) is 19.4 Å². The molecule has 21 heavy (non-hydrogen) atoms. The number of halogens is 1. The summed E-state index contributed by atoms with van der Waals surface area (Å²) >= 11 is 6.10. The minimum atomic E-state index is -0.789. The Labute approximate surface area is 128 Å². The van der Waals surface area contributed by atoms with E-state index < -0.39 is 5.97 Å². The molecular formula is C15H19ClN2O3. The van der Waals surface area contributed by atoms with Gasteiger partial charge in [0.1, 0.15) is 0 Å². The molecule has 0 unspecified atom stereocenters. The van der Waals surface area contributed by atoms with Crippen LogP contribution in [0.1, 0.15) is 24.9 Å². The van der Waals surface area contributed by atoms with E-state index in [2.05, 4.69) is 5.32 Å². The standard InChI is InChI=1S/C15H19ClN2O3/c1-10(12-4-2-3-5-13(12)16)17-14(19)9-18-7-6-11(8-18)15(20)21/h2-5,10-11H,6-9H2,1H3,(H,17,19)(H,20,21)/t10-,11+/m1/s1. The molecule has 6 heteroatoms. The quantitative estimate of drug-likeness (QED) is 0.872. The van der Waals surface area contributed by atoms with E-state index >= 15 is 0 Å². The number of carboxylic acid groups (broad SMARTS) is 1. The number of hydrogen-bond acceptors (Lipinski definition) is 3. The third-order valence-corrected chi connectivity index (χ3v) is 4.08. The van der Waals surface area contributed by atoms with Gasteiger partial charge in [0.15, 0.2) is 0 Å². The Morgan fingerprint density at radius 3 is 2.81 bits per heavy atom. The summed E-state index contributed by atoms with van der Waals surface area (Å²) < 4.78 is 0. The minimum Gasteiger partial charge on any atom is -0.481 e. The second-order valence-electron chi connectivity index (χ2n) is 5.37. The number of amides is 1. The molecule has 1 fully saturated rings. The molecule has 1 aromatic rings. The van der Waals surface area contributed by atoms with Crippen molar-refractivity contribution < 1.29 is 14.7 Å². The van der Waals surface area contributed by atoms with Crippen molar-refractivity contribution in [1.29, 1.82) is 0 Å². The van der Waals surface area contributed by atoms with Gasteiger partial charge in [0.2, 0.25) is 5.91 Å². The van der Waals surface area contributed by atoms with E-state index in [0.717, 1.165) is 5.56 Å². The Kier molecular flexibility index (Phi) is 5.20. The lowest BCUT2D eigenvalue weighted by molar-refractivity contribution is -0.141. The molecule has 1 aliphatic heterocycles. The lowest BCUT2D eigenvalue weighted by Gasteiger charge is -2.19. The van der Waals surface area contributed by atoms with Crippen LogP contribution in [-0.4, -0.2) is 41.5 Å². The summed E-state index contributed by atoms with van der Waals surface area (Å²) in [6.45, 7) is 3.18. The first kappa shape index (κ1) is 15.8. The van der Waals surface area contributed by atoms with Crippen molar-refractivity contribution in [3.8, 4) is 0 Å². The summed E-state index contributed by atoms with van der Waals surface area (Å²) in [6.07, 6.45) is 0.600. The molecule has 1 amide bonds. The van der Waals surface area contributed by atoms with Crippen LogP contribution in [0.2, 0.25) is 5.02 Å². The Balaban J connectivity index is 1.85. The van der Waals surface area contributed by atoms with Gasteiger partial charge in [-0.2, -0.15) is 0 Å². The van der Waals surface area contributed by atoms with Crippen molar-refractivity contribution in [1.82, 2.24) is 10.2 Å². The highest BCUT2D eigenvalue weighted by Gasteiger charge is 2.29. The fourth-order valence-corrected chi connectivity index (χ4v) is 2.87. The first-order valence-electron chi connectivity index (χ1n) is 6.96. The summed E-state index contributed by atoms with van der Waals surface area (Å²) in [6, 6.07) is 7.21. The van der Waals surface area contributed by atoms with Crippen LogP contribution in [-0.2, 0) is 9.59 Å². The highest BCUT2D eigenvalue weighted by atomic mass is 35.5. The first-order valence-corrected chi connectivity index (χ1v) is 7.34. The molecule has 1 aromatic carbocycles. The molecule has 0 bridgehead atoms. The zero-order valence-electron chi connectivity index (χ0n) is 11.9. The summed E-state index contributed by atoms with van der Waals surface area (Å²) in [5.74, 6) is -1.27. The van der Waals surface area contributed by atoms with Crippen LogP contribution in [0.25, 0.3) is 0 Å². The molecule has 0 spiro atoms. The van der Waals surface area contributed by atoms with E-state index in [1.807, 2.05) is 30.0 Å². The van der Waals surface area contributed by atoms with Crippen LogP contribution < -0.4 is 5.32 Å². The van der Waals surface area contributed by atoms with E-state index in [0.29, 0.717) is 24.5 Å². The van der Waals surface area contributed by atoms with E-state index in [1.165, 1.54) is 0 Å². The van der Waals surface area contributed by atoms with Gasteiger partial charge in [-0.05, 0) is 31.5 Å². The fraction of sp³-hybridized carbons (Fsp3) is 0.467. The van der Waals surface area contributed by atoms with Gasteiger partial charge in [0, 0.05) is 11.6 Å². The van der Waals surface area contributed by atoms with Crippen LogP contribution in [0.5, 0.6) is 0 Å². The SMILES string of the molecule is C[C@@H](NC(=O)CN1CC[C@H](C(=O)O)C1)c1ccccc1Cl. The minimum absolute atomic E-state index is 0.117. The molecule has 0 aliphatic carbocycles. The molecule has 1 heterocycles. The number of carbonyl (C=O) groups excluding carboxylic acids is 1. The third kappa shape index (κ3) is 4.19. The van der Waals surface area contributed by atoms with Gasteiger partial charge in [-0.1, -0.05) is 29.8 Å².